The number of aryl methyl sites for hydroxylation is 1. The van der Waals surface area contributed by atoms with E-state index in [-0.39, 0.29) is 16.2 Å². The second kappa shape index (κ2) is 5.09. The Morgan fingerprint density at radius 3 is 1.70 bits per heavy atom. The molecule has 0 bridgehead atoms. The van der Waals surface area contributed by atoms with Crippen LogP contribution in [-0.4, -0.2) is 5.11 Å². The lowest BCUT2D eigenvalue weighted by Gasteiger charge is -2.35. The number of phenolic OH excluding ortho intramolecular Hbond substituents is 1. The second-order valence-electron chi connectivity index (χ2n) is 9.08. The van der Waals surface area contributed by atoms with Gasteiger partial charge >= 0.3 is 0 Å². The third kappa shape index (κ3) is 4.01. The van der Waals surface area contributed by atoms with Crippen LogP contribution in [0.15, 0.2) is 12.1 Å². The monoisotopic (exact) mass is 276 g/mol. The maximum absolute atomic E-state index is 10.8. The molecule has 0 saturated heterocycles. The van der Waals surface area contributed by atoms with Crippen molar-refractivity contribution < 1.29 is 5.11 Å². The van der Waals surface area contributed by atoms with E-state index in [0.29, 0.717) is 5.75 Å². The van der Waals surface area contributed by atoms with E-state index < -0.39 is 0 Å². The van der Waals surface area contributed by atoms with E-state index in [0.717, 1.165) is 17.5 Å². The molecule has 1 aromatic rings. The number of phenols is 1. The lowest BCUT2D eigenvalue weighted by molar-refractivity contribution is 0.277. The zero-order valence-corrected chi connectivity index (χ0v) is 14.8. The summed E-state index contributed by atoms with van der Waals surface area (Å²) in [4.78, 5) is 0. The molecule has 0 aliphatic heterocycles. The molecule has 114 valence electrons. The fourth-order valence-corrected chi connectivity index (χ4v) is 3.29. The average molecular weight is 276 g/mol. The van der Waals surface area contributed by atoms with Gasteiger partial charge in [0.25, 0.3) is 0 Å². The highest BCUT2D eigenvalue weighted by molar-refractivity contribution is 5.49. The van der Waals surface area contributed by atoms with E-state index in [1.807, 2.05) is 0 Å². The van der Waals surface area contributed by atoms with Crippen molar-refractivity contribution in [3.05, 3.63) is 28.8 Å². The van der Waals surface area contributed by atoms with Gasteiger partial charge in [-0.3, -0.25) is 0 Å². The Bertz CT molecular complexity index is 482. The summed E-state index contributed by atoms with van der Waals surface area (Å²) in [6, 6.07) is 4.27. The van der Waals surface area contributed by atoms with Crippen molar-refractivity contribution in [1.29, 1.82) is 0 Å². The molecule has 0 heterocycles. The third-order valence-electron chi connectivity index (χ3n) is 3.76. The molecule has 0 fully saturated rings. The molecule has 1 nitrogen and oxygen atoms in total. The molecule has 0 aromatic heterocycles. The summed E-state index contributed by atoms with van der Waals surface area (Å²) in [7, 11) is 0. The highest BCUT2D eigenvalue weighted by atomic mass is 16.3. The molecule has 1 rings (SSSR count). The van der Waals surface area contributed by atoms with Crippen molar-refractivity contribution in [2.45, 2.75) is 79.6 Å². The molecule has 0 amide bonds. The van der Waals surface area contributed by atoms with Crippen molar-refractivity contribution >= 4 is 0 Å². The molecule has 1 heteroatoms. The van der Waals surface area contributed by atoms with Gasteiger partial charge in [-0.05, 0) is 35.2 Å². The summed E-state index contributed by atoms with van der Waals surface area (Å²) in [6.07, 6.45) is 1.04. The minimum absolute atomic E-state index is 0.0334. The summed E-state index contributed by atoms with van der Waals surface area (Å²) in [5.74, 6) is 0.484. The van der Waals surface area contributed by atoms with E-state index in [9.17, 15) is 5.11 Å². The third-order valence-corrected chi connectivity index (χ3v) is 3.76. The van der Waals surface area contributed by atoms with Crippen molar-refractivity contribution in [1.82, 2.24) is 0 Å². The quantitative estimate of drug-likeness (QED) is 0.733. The molecule has 0 unspecified atom stereocenters. The molecule has 0 aliphatic rings. The van der Waals surface area contributed by atoms with Crippen LogP contribution in [-0.2, 0) is 10.8 Å². The van der Waals surface area contributed by atoms with Crippen LogP contribution in [0.1, 0.15) is 78.5 Å². The molecule has 0 radical (unpaired) electrons. The first-order chi connectivity index (χ1) is 8.74. The maximum Gasteiger partial charge on any atom is 0.123 e. The van der Waals surface area contributed by atoms with E-state index >= 15 is 0 Å². The van der Waals surface area contributed by atoms with Gasteiger partial charge in [-0.25, -0.2) is 0 Å². The van der Waals surface area contributed by atoms with Crippen LogP contribution in [0.25, 0.3) is 0 Å². The van der Waals surface area contributed by atoms with Gasteiger partial charge in [-0.15, -0.1) is 0 Å². The van der Waals surface area contributed by atoms with Crippen LogP contribution in [0.3, 0.4) is 0 Å². The molecular weight excluding hydrogens is 244 g/mol. The number of rotatable bonds is 2. The number of benzene rings is 1. The van der Waals surface area contributed by atoms with E-state index in [2.05, 4.69) is 74.4 Å². The first kappa shape index (κ1) is 17.1. The first-order valence-corrected chi connectivity index (χ1v) is 7.59. The van der Waals surface area contributed by atoms with E-state index in [1.54, 1.807) is 0 Å². The summed E-state index contributed by atoms with van der Waals surface area (Å²) >= 11 is 0. The van der Waals surface area contributed by atoms with Crippen LogP contribution in [0.4, 0.5) is 0 Å². The predicted molar refractivity (Wildman–Crippen MR) is 88.6 cm³/mol. The summed E-state index contributed by atoms with van der Waals surface area (Å²) in [6.45, 7) is 19.8. The van der Waals surface area contributed by atoms with Crippen LogP contribution in [0.2, 0.25) is 0 Å². The van der Waals surface area contributed by atoms with Gasteiger partial charge in [-0.2, -0.15) is 0 Å². The van der Waals surface area contributed by atoms with Gasteiger partial charge in [0, 0.05) is 5.56 Å². The topological polar surface area (TPSA) is 20.2 Å². The van der Waals surface area contributed by atoms with Crippen LogP contribution < -0.4 is 0 Å². The first-order valence-electron chi connectivity index (χ1n) is 7.59. The predicted octanol–water partition coefficient (Wildman–Crippen LogP) is 5.71. The Hall–Kier alpha value is -0.980. The lowest BCUT2D eigenvalue weighted by atomic mass is 9.70. The fourth-order valence-electron chi connectivity index (χ4n) is 3.29. The van der Waals surface area contributed by atoms with Gasteiger partial charge in [0.05, 0.1) is 0 Å². The fraction of sp³-hybridized carbons (Fsp3) is 0.684. The van der Waals surface area contributed by atoms with Crippen LogP contribution >= 0.6 is 0 Å². The van der Waals surface area contributed by atoms with Gasteiger partial charge in [-0.1, -0.05) is 73.1 Å². The molecule has 1 aromatic carbocycles. The molecule has 1 N–H and O–H groups in total. The SMILES string of the molecule is Cc1cc(C(C)(C)C)c(O)c(C(C)(C)CC(C)(C)C)c1. The van der Waals surface area contributed by atoms with Crippen molar-refractivity contribution in [2.75, 3.05) is 0 Å². The molecule has 0 atom stereocenters. The van der Waals surface area contributed by atoms with Crippen molar-refractivity contribution in [3.8, 4) is 5.75 Å². The highest BCUT2D eigenvalue weighted by Gasteiger charge is 2.32. The summed E-state index contributed by atoms with van der Waals surface area (Å²) in [5, 5.41) is 10.8. The van der Waals surface area contributed by atoms with Crippen LogP contribution in [0.5, 0.6) is 5.75 Å². The van der Waals surface area contributed by atoms with Gasteiger partial charge in [0.2, 0.25) is 0 Å². The smallest absolute Gasteiger partial charge is 0.123 e. The normalized spacial score (nSPS) is 13.7. The zero-order chi connectivity index (χ0) is 15.9. The summed E-state index contributed by atoms with van der Waals surface area (Å²) in [5.41, 5.74) is 3.52. The molecule has 0 aliphatic carbocycles. The van der Waals surface area contributed by atoms with Gasteiger partial charge in [0.15, 0.2) is 0 Å². The van der Waals surface area contributed by atoms with Crippen molar-refractivity contribution in [2.24, 2.45) is 5.41 Å². The Kier molecular flexibility index (Phi) is 4.35. The van der Waals surface area contributed by atoms with Gasteiger partial charge < -0.3 is 5.11 Å². The Morgan fingerprint density at radius 2 is 1.30 bits per heavy atom. The molecule has 20 heavy (non-hydrogen) atoms. The number of hydrogen-bond acceptors (Lipinski definition) is 1. The van der Waals surface area contributed by atoms with E-state index in [1.165, 1.54) is 5.56 Å². The maximum atomic E-state index is 10.8. The number of aromatic hydroxyl groups is 1. The van der Waals surface area contributed by atoms with Crippen LogP contribution in [0, 0.1) is 12.3 Å². The number of hydrogen-bond donors (Lipinski definition) is 1. The summed E-state index contributed by atoms with van der Waals surface area (Å²) < 4.78 is 0. The van der Waals surface area contributed by atoms with Crippen molar-refractivity contribution in [3.63, 3.8) is 0 Å². The minimum atomic E-state index is -0.0390. The van der Waals surface area contributed by atoms with E-state index in [4.69, 9.17) is 0 Å². The lowest BCUT2D eigenvalue weighted by Crippen LogP contribution is -2.26. The molecule has 0 saturated carbocycles. The zero-order valence-electron chi connectivity index (χ0n) is 14.8. The Balaban J connectivity index is 3.43. The molecular formula is C19H32O. The highest BCUT2D eigenvalue weighted by Crippen LogP contribution is 2.44. The Morgan fingerprint density at radius 1 is 0.850 bits per heavy atom. The average Bonchev–Trinajstić information content (AvgIpc) is 2.15. The standard InChI is InChI=1S/C19H32O/c1-13-10-14(18(5,6)7)16(20)15(11-13)19(8,9)12-17(2,3)4/h10-11,20H,12H2,1-9H3. The minimum Gasteiger partial charge on any atom is -0.507 e. The largest absolute Gasteiger partial charge is 0.507 e. The second-order valence-corrected chi connectivity index (χ2v) is 9.08. The molecule has 0 spiro atoms. The van der Waals surface area contributed by atoms with Gasteiger partial charge in [0.1, 0.15) is 5.75 Å². The Labute approximate surface area is 125 Å².